The van der Waals surface area contributed by atoms with Crippen LogP contribution in [-0.2, 0) is 4.74 Å². The van der Waals surface area contributed by atoms with Gasteiger partial charge in [0.05, 0.1) is 18.4 Å². The van der Waals surface area contributed by atoms with E-state index < -0.39 is 0 Å². The van der Waals surface area contributed by atoms with E-state index in [1.807, 2.05) is 11.8 Å². The number of carbonyl (C=O) groups excluding carboxylic acids is 1. The monoisotopic (exact) mass is 293 g/mol. The van der Waals surface area contributed by atoms with E-state index in [1.54, 1.807) is 6.20 Å². The van der Waals surface area contributed by atoms with Crippen LogP contribution in [-0.4, -0.2) is 46.1 Å². The quantitative estimate of drug-likeness (QED) is 0.908. The summed E-state index contributed by atoms with van der Waals surface area (Å²) in [4.78, 5) is 21.7. The number of aromatic amines is 1. The fourth-order valence-corrected chi connectivity index (χ4v) is 2.70. The third-order valence-electron chi connectivity index (χ3n) is 4.04. The lowest BCUT2D eigenvalue weighted by Gasteiger charge is -2.39. The fourth-order valence-electron chi connectivity index (χ4n) is 2.70. The molecule has 1 aliphatic heterocycles. The van der Waals surface area contributed by atoms with Crippen molar-refractivity contribution in [1.82, 2.24) is 14.9 Å². The topological polar surface area (TPSA) is 58.2 Å². The molecule has 2 heterocycles. The van der Waals surface area contributed by atoms with Crippen molar-refractivity contribution in [3.8, 4) is 0 Å². The molecule has 21 heavy (non-hydrogen) atoms. The van der Waals surface area contributed by atoms with Gasteiger partial charge in [-0.3, -0.25) is 4.79 Å². The molecular formula is C16H27N3O2. The second-order valence-electron chi connectivity index (χ2n) is 6.28. The lowest BCUT2D eigenvalue weighted by Crippen LogP contribution is -2.51. The summed E-state index contributed by atoms with van der Waals surface area (Å²) in [7, 11) is 0. The van der Waals surface area contributed by atoms with Crippen molar-refractivity contribution < 1.29 is 9.53 Å². The maximum atomic E-state index is 12.6. The molecule has 1 N–H and O–H groups in total. The van der Waals surface area contributed by atoms with Gasteiger partial charge in [-0.1, -0.05) is 33.6 Å². The highest BCUT2D eigenvalue weighted by Crippen LogP contribution is 2.22. The number of nitrogens with one attached hydrogen (secondary N) is 1. The molecule has 0 aromatic carbocycles. The first-order valence-electron chi connectivity index (χ1n) is 7.97. The van der Waals surface area contributed by atoms with Gasteiger partial charge in [0.15, 0.2) is 0 Å². The SMILES string of the molecule is CCCC[C@@H]1CN(C(=O)c2cnc(C)[nH]2)C[C@H](C(C)C)O1. The molecule has 1 aliphatic rings. The molecule has 2 rings (SSSR count). The number of hydrogen-bond acceptors (Lipinski definition) is 3. The predicted octanol–water partition coefficient (Wildman–Crippen LogP) is 2.77. The molecule has 0 spiro atoms. The standard InChI is InChI=1S/C16H27N3O2/c1-5-6-7-13-9-19(10-15(21-13)11(2)3)16(20)14-8-17-12(4)18-14/h8,11,13,15H,5-7,9-10H2,1-4H3,(H,17,18)/t13-,15-/m1/s1. The molecule has 1 saturated heterocycles. The molecule has 0 saturated carbocycles. The molecule has 0 radical (unpaired) electrons. The van der Waals surface area contributed by atoms with Crippen molar-refractivity contribution in [2.24, 2.45) is 5.92 Å². The molecule has 2 atom stereocenters. The van der Waals surface area contributed by atoms with Crippen LogP contribution in [0.1, 0.15) is 56.3 Å². The Balaban J connectivity index is 2.07. The zero-order valence-electron chi connectivity index (χ0n) is 13.6. The van der Waals surface area contributed by atoms with Crippen LogP contribution in [0.25, 0.3) is 0 Å². The molecule has 1 aromatic rings. The summed E-state index contributed by atoms with van der Waals surface area (Å²) in [5.41, 5.74) is 0.575. The number of rotatable bonds is 5. The summed E-state index contributed by atoms with van der Waals surface area (Å²) in [6, 6.07) is 0. The van der Waals surface area contributed by atoms with Crippen LogP contribution in [0.5, 0.6) is 0 Å². The molecule has 0 aliphatic carbocycles. The number of imidazole rings is 1. The minimum Gasteiger partial charge on any atom is -0.371 e. The Labute approximate surface area is 127 Å². The number of H-pyrrole nitrogens is 1. The third kappa shape index (κ3) is 4.06. The Hall–Kier alpha value is -1.36. The first-order chi connectivity index (χ1) is 10.0. The van der Waals surface area contributed by atoms with Crippen LogP contribution in [0.15, 0.2) is 6.20 Å². The summed E-state index contributed by atoms with van der Waals surface area (Å²) in [6.07, 6.45) is 5.21. The number of aromatic nitrogens is 2. The fraction of sp³-hybridized carbons (Fsp3) is 0.750. The van der Waals surface area contributed by atoms with Gasteiger partial charge >= 0.3 is 0 Å². The maximum Gasteiger partial charge on any atom is 0.272 e. The number of hydrogen-bond donors (Lipinski definition) is 1. The van der Waals surface area contributed by atoms with Gasteiger partial charge < -0.3 is 14.6 Å². The zero-order chi connectivity index (χ0) is 15.4. The number of carbonyl (C=O) groups is 1. The molecule has 1 amide bonds. The normalized spacial score (nSPS) is 22.8. The highest BCUT2D eigenvalue weighted by Gasteiger charge is 2.32. The van der Waals surface area contributed by atoms with Crippen molar-refractivity contribution >= 4 is 5.91 Å². The van der Waals surface area contributed by atoms with Gasteiger partial charge in [-0.2, -0.15) is 0 Å². The molecule has 0 unspecified atom stereocenters. The zero-order valence-corrected chi connectivity index (χ0v) is 13.6. The predicted molar refractivity (Wildman–Crippen MR) is 82.3 cm³/mol. The van der Waals surface area contributed by atoms with E-state index in [2.05, 4.69) is 30.7 Å². The van der Waals surface area contributed by atoms with Crippen LogP contribution in [0, 0.1) is 12.8 Å². The summed E-state index contributed by atoms with van der Waals surface area (Å²) in [5.74, 6) is 1.22. The molecule has 5 nitrogen and oxygen atoms in total. The van der Waals surface area contributed by atoms with Crippen LogP contribution in [0.4, 0.5) is 0 Å². The van der Waals surface area contributed by atoms with Gasteiger partial charge in [0.1, 0.15) is 11.5 Å². The minimum atomic E-state index is 0.0334. The van der Waals surface area contributed by atoms with Crippen molar-refractivity contribution in [3.63, 3.8) is 0 Å². The average molecular weight is 293 g/mol. The lowest BCUT2D eigenvalue weighted by atomic mass is 10.0. The smallest absolute Gasteiger partial charge is 0.272 e. The molecule has 5 heteroatoms. The summed E-state index contributed by atoms with van der Waals surface area (Å²) >= 11 is 0. The van der Waals surface area contributed by atoms with Gasteiger partial charge in [0, 0.05) is 13.1 Å². The number of unbranched alkanes of at least 4 members (excludes halogenated alkanes) is 1. The van der Waals surface area contributed by atoms with Gasteiger partial charge in [-0.25, -0.2) is 4.98 Å². The Morgan fingerprint density at radius 3 is 2.86 bits per heavy atom. The van der Waals surface area contributed by atoms with Crippen LogP contribution in [0.2, 0.25) is 0 Å². The number of amides is 1. The average Bonchev–Trinajstić information content (AvgIpc) is 2.90. The third-order valence-corrected chi connectivity index (χ3v) is 4.04. The molecule has 1 fully saturated rings. The summed E-state index contributed by atoms with van der Waals surface area (Å²) in [6.45, 7) is 9.68. The number of morpholine rings is 1. The first-order valence-corrected chi connectivity index (χ1v) is 7.97. The van der Waals surface area contributed by atoms with Crippen molar-refractivity contribution in [3.05, 3.63) is 17.7 Å². The van der Waals surface area contributed by atoms with E-state index in [9.17, 15) is 4.79 Å². The van der Waals surface area contributed by atoms with Gasteiger partial charge in [-0.05, 0) is 19.3 Å². The number of nitrogens with zero attached hydrogens (tertiary/aromatic N) is 2. The Morgan fingerprint density at radius 1 is 1.52 bits per heavy atom. The van der Waals surface area contributed by atoms with E-state index in [0.717, 1.165) is 25.1 Å². The highest BCUT2D eigenvalue weighted by atomic mass is 16.5. The van der Waals surface area contributed by atoms with E-state index in [4.69, 9.17) is 4.74 Å². The van der Waals surface area contributed by atoms with Crippen molar-refractivity contribution in [1.29, 1.82) is 0 Å². The van der Waals surface area contributed by atoms with Crippen LogP contribution in [0.3, 0.4) is 0 Å². The highest BCUT2D eigenvalue weighted by molar-refractivity contribution is 5.92. The lowest BCUT2D eigenvalue weighted by molar-refractivity contribution is -0.0963. The van der Waals surface area contributed by atoms with Crippen molar-refractivity contribution in [2.45, 2.75) is 59.2 Å². The first kappa shape index (κ1) is 16.0. The number of aryl methyl sites for hydroxylation is 1. The Bertz CT molecular complexity index is 470. The number of ether oxygens (including phenoxy) is 1. The molecular weight excluding hydrogens is 266 g/mol. The van der Waals surface area contributed by atoms with E-state index in [-0.39, 0.29) is 18.1 Å². The van der Waals surface area contributed by atoms with Gasteiger partial charge in [-0.15, -0.1) is 0 Å². The van der Waals surface area contributed by atoms with E-state index in [1.165, 1.54) is 0 Å². The van der Waals surface area contributed by atoms with Gasteiger partial charge in [0.25, 0.3) is 5.91 Å². The molecule has 118 valence electrons. The Kier molecular flexibility index (Phi) is 5.39. The second-order valence-corrected chi connectivity index (χ2v) is 6.28. The minimum absolute atomic E-state index is 0.0334. The van der Waals surface area contributed by atoms with Gasteiger partial charge in [0.2, 0.25) is 0 Å². The molecule has 0 bridgehead atoms. The summed E-state index contributed by atoms with van der Waals surface area (Å²) in [5, 5.41) is 0. The Morgan fingerprint density at radius 2 is 2.29 bits per heavy atom. The van der Waals surface area contributed by atoms with Crippen LogP contribution < -0.4 is 0 Å². The van der Waals surface area contributed by atoms with Crippen LogP contribution >= 0.6 is 0 Å². The largest absolute Gasteiger partial charge is 0.371 e. The van der Waals surface area contributed by atoms with E-state index >= 15 is 0 Å². The summed E-state index contributed by atoms with van der Waals surface area (Å²) < 4.78 is 6.15. The van der Waals surface area contributed by atoms with Crippen molar-refractivity contribution in [2.75, 3.05) is 13.1 Å². The van der Waals surface area contributed by atoms with E-state index in [0.29, 0.717) is 24.7 Å². The maximum absolute atomic E-state index is 12.6. The second kappa shape index (κ2) is 7.07. The molecule has 1 aromatic heterocycles.